The summed E-state index contributed by atoms with van der Waals surface area (Å²) in [7, 11) is 0. The Balaban J connectivity index is 2.52. The molecule has 0 unspecified atom stereocenters. The van der Waals surface area contributed by atoms with E-state index in [2.05, 4.69) is 46.8 Å². The first-order valence-corrected chi connectivity index (χ1v) is 6.22. The fraction of sp³-hybridized carbons (Fsp3) is 0.455. The van der Waals surface area contributed by atoms with Crippen molar-refractivity contribution in [1.29, 1.82) is 0 Å². The van der Waals surface area contributed by atoms with Gasteiger partial charge in [0.05, 0.1) is 10.7 Å². The fourth-order valence-corrected chi connectivity index (χ4v) is 2.18. The molecule has 16 heavy (non-hydrogen) atoms. The van der Waals surface area contributed by atoms with Gasteiger partial charge in [-0.15, -0.1) is 0 Å². The van der Waals surface area contributed by atoms with Gasteiger partial charge in [-0.25, -0.2) is 9.50 Å². The molecule has 0 aromatic carbocycles. The molecular formula is C11H13BrClN3. The molecule has 86 valence electrons. The average Bonchev–Trinajstić information content (AvgIpc) is 2.45. The molecule has 0 spiro atoms. The molecule has 5 heteroatoms. The number of halogens is 2. The van der Waals surface area contributed by atoms with Gasteiger partial charge in [-0.1, -0.05) is 32.4 Å². The highest BCUT2D eigenvalue weighted by Gasteiger charge is 2.15. The molecule has 0 amide bonds. The van der Waals surface area contributed by atoms with Crippen LogP contribution in [0.4, 0.5) is 0 Å². The van der Waals surface area contributed by atoms with E-state index in [1.54, 1.807) is 10.7 Å². The van der Waals surface area contributed by atoms with Crippen molar-refractivity contribution in [3.63, 3.8) is 0 Å². The molecule has 0 fully saturated rings. The SMILES string of the molecule is CC(C)(C)Cc1cc(Cl)n2ncc(Br)c2n1. The topological polar surface area (TPSA) is 30.2 Å². The molecule has 0 N–H and O–H groups in total. The molecule has 2 rings (SSSR count). The molecular weight excluding hydrogens is 289 g/mol. The predicted octanol–water partition coefficient (Wildman–Crippen LogP) is 3.73. The van der Waals surface area contributed by atoms with E-state index >= 15 is 0 Å². The van der Waals surface area contributed by atoms with Crippen molar-refractivity contribution in [3.05, 3.63) is 27.6 Å². The third-order valence-electron chi connectivity index (χ3n) is 2.15. The van der Waals surface area contributed by atoms with Crippen LogP contribution in [-0.2, 0) is 6.42 Å². The molecule has 0 bridgehead atoms. The van der Waals surface area contributed by atoms with Gasteiger partial charge < -0.3 is 0 Å². The van der Waals surface area contributed by atoms with E-state index in [0.29, 0.717) is 5.15 Å². The Hall–Kier alpha value is -0.610. The summed E-state index contributed by atoms with van der Waals surface area (Å²) in [4.78, 5) is 4.55. The minimum atomic E-state index is 0.196. The zero-order chi connectivity index (χ0) is 11.9. The number of hydrogen-bond donors (Lipinski definition) is 0. The lowest BCUT2D eigenvalue weighted by atomic mass is 9.90. The lowest BCUT2D eigenvalue weighted by molar-refractivity contribution is 0.406. The molecule has 2 aromatic heterocycles. The first kappa shape index (κ1) is 11.9. The maximum atomic E-state index is 6.14. The minimum absolute atomic E-state index is 0.196. The molecule has 0 aliphatic carbocycles. The average molecular weight is 303 g/mol. The molecule has 2 heterocycles. The van der Waals surface area contributed by atoms with Crippen LogP contribution >= 0.6 is 27.5 Å². The smallest absolute Gasteiger partial charge is 0.171 e. The van der Waals surface area contributed by atoms with Crippen LogP contribution in [0.25, 0.3) is 5.65 Å². The molecule has 0 radical (unpaired) electrons. The first-order chi connectivity index (χ1) is 7.37. The Bertz CT molecular complexity index is 528. The van der Waals surface area contributed by atoms with Gasteiger partial charge in [-0.2, -0.15) is 5.10 Å². The Morgan fingerprint density at radius 2 is 2.12 bits per heavy atom. The first-order valence-electron chi connectivity index (χ1n) is 5.05. The van der Waals surface area contributed by atoms with E-state index in [9.17, 15) is 0 Å². The summed E-state index contributed by atoms with van der Waals surface area (Å²) in [5, 5.41) is 4.72. The van der Waals surface area contributed by atoms with Crippen LogP contribution in [0, 0.1) is 5.41 Å². The van der Waals surface area contributed by atoms with Crippen LogP contribution in [0.3, 0.4) is 0 Å². The van der Waals surface area contributed by atoms with Gasteiger partial charge in [0.25, 0.3) is 0 Å². The van der Waals surface area contributed by atoms with Crippen LogP contribution < -0.4 is 0 Å². The second-order valence-electron chi connectivity index (χ2n) is 5.04. The number of aromatic nitrogens is 3. The van der Waals surface area contributed by atoms with Crippen LogP contribution in [-0.4, -0.2) is 14.6 Å². The molecule has 0 aliphatic rings. The minimum Gasteiger partial charge on any atom is -0.232 e. The van der Waals surface area contributed by atoms with Crippen LogP contribution in [0.2, 0.25) is 5.15 Å². The molecule has 3 nitrogen and oxygen atoms in total. The normalized spacial score (nSPS) is 12.3. The third-order valence-corrected chi connectivity index (χ3v) is 2.98. The summed E-state index contributed by atoms with van der Waals surface area (Å²) in [5.74, 6) is 0. The van der Waals surface area contributed by atoms with Crippen molar-refractivity contribution < 1.29 is 0 Å². The molecule has 0 saturated carbocycles. The van der Waals surface area contributed by atoms with Gasteiger partial charge in [0.2, 0.25) is 0 Å². The van der Waals surface area contributed by atoms with E-state index in [-0.39, 0.29) is 5.41 Å². The largest absolute Gasteiger partial charge is 0.232 e. The standard InChI is InChI=1S/C11H13BrClN3/c1-11(2,3)5-7-4-9(13)16-10(15-7)8(12)6-14-16/h4,6H,5H2,1-3H3. The van der Waals surface area contributed by atoms with Crippen molar-refractivity contribution in [3.8, 4) is 0 Å². The Kier molecular flexibility index (Phi) is 2.97. The van der Waals surface area contributed by atoms with Crippen LogP contribution in [0.5, 0.6) is 0 Å². The van der Waals surface area contributed by atoms with E-state index in [1.807, 2.05) is 6.07 Å². The summed E-state index contributed by atoms with van der Waals surface area (Å²) in [6, 6.07) is 1.87. The van der Waals surface area contributed by atoms with Crippen LogP contribution in [0.15, 0.2) is 16.7 Å². The highest BCUT2D eigenvalue weighted by atomic mass is 79.9. The van der Waals surface area contributed by atoms with Gasteiger partial charge in [-0.05, 0) is 33.8 Å². The zero-order valence-electron chi connectivity index (χ0n) is 9.46. The van der Waals surface area contributed by atoms with Crippen molar-refractivity contribution in [2.45, 2.75) is 27.2 Å². The summed E-state index contributed by atoms with van der Waals surface area (Å²) in [6.07, 6.45) is 2.59. The molecule has 2 aromatic rings. The third kappa shape index (κ3) is 2.38. The van der Waals surface area contributed by atoms with E-state index in [4.69, 9.17) is 11.6 Å². The quantitative estimate of drug-likeness (QED) is 0.751. The van der Waals surface area contributed by atoms with Crippen molar-refractivity contribution in [2.75, 3.05) is 0 Å². The number of nitrogens with zero attached hydrogens (tertiary/aromatic N) is 3. The summed E-state index contributed by atoms with van der Waals surface area (Å²) in [6.45, 7) is 6.54. The Labute approximate surface area is 108 Å². The van der Waals surface area contributed by atoms with Crippen molar-refractivity contribution in [2.24, 2.45) is 5.41 Å². The van der Waals surface area contributed by atoms with Gasteiger partial charge in [0, 0.05) is 5.69 Å². The lowest BCUT2D eigenvalue weighted by Crippen LogP contribution is -2.11. The predicted molar refractivity (Wildman–Crippen MR) is 68.9 cm³/mol. The Morgan fingerprint density at radius 3 is 2.75 bits per heavy atom. The maximum absolute atomic E-state index is 6.14. The second-order valence-corrected chi connectivity index (χ2v) is 6.28. The number of rotatable bonds is 1. The van der Waals surface area contributed by atoms with E-state index < -0.39 is 0 Å². The molecule has 0 saturated heterocycles. The van der Waals surface area contributed by atoms with Gasteiger partial charge >= 0.3 is 0 Å². The lowest BCUT2D eigenvalue weighted by Gasteiger charge is -2.17. The summed E-state index contributed by atoms with van der Waals surface area (Å²) >= 11 is 9.55. The highest BCUT2D eigenvalue weighted by molar-refractivity contribution is 9.10. The van der Waals surface area contributed by atoms with Crippen molar-refractivity contribution in [1.82, 2.24) is 14.6 Å². The zero-order valence-corrected chi connectivity index (χ0v) is 11.8. The Morgan fingerprint density at radius 1 is 1.44 bits per heavy atom. The monoisotopic (exact) mass is 301 g/mol. The maximum Gasteiger partial charge on any atom is 0.171 e. The van der Waals surface area contributed by atoms with Crippen molar-refractivity contribution >= 4 is 33.2 Å². The van der Waals surface area contributed by atoms with Gasteiger partial charge in [0.1, 0.15) is 5.15 Å². The fourth-order valence-electron chi connectivity index (χ4n) is 1.58. The summed E-state index contributed by atoms with van der Waals surface area (Å²) < 4.78 is 2.49. The van der Waals surface area contributed by atoms with Gasteiger partial charge in [0.15, 0.2) is 5.65 Å². The molecule has 0 atom stereocenters. The van der Waals surface area contributed by atoms with Gasteiger partial charge in [-0.3, -0.25) is 0 Å². The second kappa shape index (κ2) is 4.00. The van der Waals surface area contributed by atoms with E-state index in [0.717, 1.165) is 22.2 Å². The summed E-state index contributed by atoms with van der Waals surface area (Å²) in [5.41, 5.74) is 1.96. The van der Waals surface area contributed by atoms with Crippen LogP contribution in [0.1, 0.15) is 26.5 Å². The molecule has 0 aliphatic heterocycles. The highest BCUT2D eigenvalue weighted by Crippen LogP contribution is 2.24. The number of hydrogen-bond acceptors (Lipinski definition) is 2. The van der Waals surface area contributed by atoms with E-state index in [1.165, 1.54) is 0 Å². The number of fused-ring (bicyclic) bond motifs is 1.